The van der Waals surface area contributed by atoms with Crippen molar-refractivity contribution in [3.63, 3.8) is 0 Å². The van der Waals surface area contributed by atoms with Gasteiger partial charge in [-0.25, -0.2) is 4.98 Å². The molecule has 1 fully saturated rings. The number of allylic oxidation sites excluding steroid dienone is 1. The molecule has 0 saturated carbocycles. The van der Waals surface area contributed by atoms with Gasteiger partial charge < -0.3 is 25.8 Å². The lowest BCUT2D eigenvalue weighted by molar-refractivity contribution is -0.301. The summed E-state index contributed by atoms with van der Waals surface area (Å²) in [5, 5.41) is 19.0. The van der Waals surface area contributed by atoms with Crippen molar-refractivity contribution in [2.24, 2.45) is 5.16 Å². The number of carbonyl (C=O) groups excluding carboxylic acids is 3. The number of thioether (sulfide) groups is 1. The third-order valence-corrected chi connectivity index (χ3v) is 5.96. The fraction of sp³-hybridized carbons (Fsp3) is 0.312. The maximum atomic E-state index is 12.7. The van der Waals surface area contributed by atoms with Gasteiger partial charge in [-0.15, -0.1) is 23.1 Å². The van der Waals surface area contributed by atoms with Crippen molar-refractivity contribution in [2.75, 3.05) is 18.1 Å². The number of nitrogens with one attached hydrogen (secondary N) is 1. The van der Waals surface area contributed by atoms with E-state index in [0.717, 1.165) is 16.2 Å². The quantitative estimate of drug-likeness (QED) is 0.325. The maximum Gasteiger partial charge on any atom is 0.276 e. The van der Waals surface area contributed by atoms with Crippen LogP contribution in [0.15, 0.2) is 34.5 Å². The van der Waals surface area contributed by atoms with Gasteiger partial charge in [0.05, 0.1) is 11.7 Å². The van der Waals surface area contributed by atoms with E-state index in [1.807, 2.05) is 0 Å². The predicted molar refractivity (Wildman–Crippen MR) is 102 cm³/mol. The number of carboxylic acids is 1. The molecule has 0 spiro atoms. The zero-order valence-electron chi connectivity index (χ0n) is 14.7. The average Bonchev–Trinajstić information content (AvgIpc) is 3.10. The molecule has 2 aliphatic rings. The van der Waals surface area contributed by atoms with E-state index in [1.165, 1.54) is 17.8 Å². The Morgan fingerprint density at radius 1 is 1.61 bits per heavy atom. The Bertz CT molecular complexity index is 909. The number of aromatic nitrogens is 1. The number of carbonyl (C=O) groups is 3. The number of amides is 2. The monoisotopic (exact) mass is 422 g/mol. The molecule has 3 rings (SSSR count). The van der Waals surface area contributed by atoms with Crippen LogP contribution < -0.4 is 16.2 Å². The number of oxime groups is 1. The highest BCUT2D eigenvalue weighted by Crippen LogP contribution is 2.40. The van der Waals surface area contributed by atoms with Crippen LogP contribution in [0, 0.1) is 0 Å². The van der Waals surface area contributed by atoms with Gasteiger partial charge >= 0.3 is 0 Å². The summed E-state index contributed by atoms with van der Waals surface area (Å²) in [4.78, 5) is 46.7. The topological polar surface area (TPSA) is 150 Å². The third-order valence-electron chi connectivity index (χ3n) is 3.99. The second kappa shape index (κ2) is 8.02. The molecule has 1 saturated heterocycles. The van der Waals surface area contributed by atoms with Crippen LogP contribution in [0.2, 0.25) is 0 Å². The van der Waals surface area contributed by atoms with Crippen LogP contribution in [0.3, 0.4) is 0 Å². The van der Waals surface area contributed by atoms with E-state index in [0.29, 0.717) is 11.3 Å². The molecular weight excluding hydrogens is 406 g/mol. The number of hydrogen-bond acceptors (Lipinski definition) is 10. The normalized spacial score (nSPS) is 21.7. The van der Waals surface area contributed by atoms with Crippen LogP contribution in [0.25, 0.3) is 0 Å². The standard InChI is InChI=1S/C16H17N5O5S2/c1-3-7-5-27-14-10(13(23)21(14)11(7)15(24)25)19-12(22)9(20-26-4-2)8-6-28-16(17)18-8/h3,6,10,14H,1,4-5H2,2H3,(H2,17,18)(H,19,22)(H,24,25)/p-1/b20-9-/t10-,14-/m1/s1. The maximum absolute atomic E-state index is 12.7. The zero-order valence-corrected chi connectivity index (χ0v) is 16.3. The van der Waals surface area contributed by atoms with Gasteiger partial charge in [-0.2, -0.15) is 0 Å². The molecule has 12 heteroatoms. The molecule has 148 valence electrons. The van der Waals surface area contributed by atoms with E-state index in [2.05, 4.69) is 22.0 Å². The lowest BCUT2D eigenvalue weighted by Gasteiger charge is -2.50. The van der Waals surface area contributed by atoms with E-state index in [-0.39, 0.29) is 28.8 Å². The Labute approximate surface area is 168 Å². The number of aliphatic carboxylic acids is 1. The number of rotatable bonds is 7. The molecule has 0 bridgehead atoms. The number of β-lactam (4-membered cyclic amide) rings is 1. The molecule has 2 atom stereocenters. The summed E-state index contributed by atoms with van der Waals surface area (Å²) >= 11 is 2.45. The first kappa shape index (κ1) is 19.9. The molecule has 0 aromatic carbocycles. The minimum Gasteiger partial charge on any atom is -0.543 e. The summed E-state index contributed by atoms with van der Waals surface area (Å²) in [7, 11) is 0. The van der Waals surface area contributed by atoms with E-state index < -0.39 is 29.2 Å². The van der Waals surface area contributed by atoms with Gasteiger partial charge in [0, 0.05) is 11.1 Å². The van der Waals surface area contributed by atoms with Gasteiger partial charge in [-0.1, -0.05) is 17.8 Å². The Balaban J connectivity index is 1.80. The third kappa shape index (κ3) is 3.47. The summed E-state index contributed by atoms with van der Waals surface area (Å²) in [6.45, 7) is 5.50. The SMILES string of the molecule is C=CC1=C(C(=O)[O-])N2C(=O)[C@@H](NC(=O)/C(=N\OCC)c3csc(N)n3)[C@H]2SC1. The second-order valence-electron chi connectivity index (χ2n) is 5.66. The summed E-state index contributed by atoms with van der Waals surface area (Å²) in [6, 6.07) is -0.916. The lowest BCUT2D eigenvalue weighted by Crippen LogP contribution is -2.71. The molecular formula is C16H16N5O5S2-. The Hall–Kier alpha value is -2.86. The first-order valence-electron chi connectivity index (χ1n) is 8.12. The molecule has 3 heterocycles. The van der Waals surface area contributed by atoms with Crippen molar-refractivity contribution in [1.29, 1.82) is 0 Å². The highest BCUT2D eigenvalue weighted by atomic mass is 32.2. The number of thiazole rings is 1. The molecule has 0 aliphatic carbocycles. The van der Waals surface area contributed by atoms with Crippen LogP contribution in [-0.4, -0.2) is 57.2 Å². The van der Waals surface area contributed by atoms with Crippen LogP contribution in [0.5, 0.6) is 0 Å². The van der Waals surface area contributed by atoms with Gasteiger partial charge in [0.25, 0.3) is 11.8 Å². The molecule has 28 heavy (non-hydrogen) atoms. The van der Waals surface area contributed by atoms with Crippen molar-refractivity contribution in [3.8, 4) is 0 Å². The van der Waals surface area contributed by atoms with E-state index in [9.17, 15) is 19.5 Å². The van der Waals surface area contributed by atoms with Gasteiger partial charge in [0.2, 0.25) is 0 Å². The Morgan fingerprint density at radius 2 is 2.36 bits per heavy atom. The summed E-state index contributed by atoms with van der Waals surface area (Å²) in [6.07, 6.45) is 1.38. The van der Waals surface area contributed by atoms with Crippen LogP contribution >= 0.6 is 23.1 Å². The van der Waals surface area contributed by atoms with Gasteiger partial charge in [-0.3, -0.25) is 14.5 Å². The smallest absolute Gasteiger partial charge is 0.276 e. The van der Waals surface area contributed by atoms with Crippen LogP contribution in [0.4, 0.5) is 5.13 Å². The number of nitrogens with two attached hydrogens (primary N) is 1. The minimum atomic E-state index is -1.46. The van der Waals surface area contributed by atoms with Gasteiger partial charge in [0.1, 0.15) is 23.7 Å². The number of fused-ring (bicyclic) bond motifs is 1. The average molecular weight is 422 g/mol. The molecule has 3 N–H and O–H groups in total. The number of nitrogen functional groups attached to an aromatic ring is 1. The number of anilines is 1. The summed E-state index contributed by atoms with van der Waals surface area (Å²) in [5.74, 6) is -2.37. The highest BCUT2D eigenvalue weighted by Gasteiger charge is 2.52. The first-order chi connectivity index (χ1) is 13.4. The van der Waals surface area contributed by atoms with Crippen molar-refractivity contribution in [1.82, 2.24) is 15.2 Å². The van der Waals surface area contributed by atoms with Crippen molar-refractivity contribution in [3.05, 3.63) is 35.0 Å². The number of nitrogens with zero attached hydrogens (tertiary/aromatic N) is 3. The molecule has 0 radical (unpaired) electrons. The van der Waals surface area contributed by atoms with E-state index in [4.69, 9.17) is 10.6 Å². The summed E-state index contributed by atoms with van der Waals surface area (Å²) < 4.78 is 0. The molecule has 2 aliphatic heterocycles. The van der Waals surface area contributed by atoms with Gasteiger partial charge in [0.15, 0.2) is 10.8 Å². The van der Waals surface area contributed by atoms with Crippen LogP contribution in [-0.2, 0) is 19.2 Å². The molecule has 1 aromatic rings. The van der Waals surface area contributed by atoms with Crippen molar-refractivity contribution < 1.29 is 24.3 Å². The zero-order chi connectivity index (χ0) is 20.4. The van der Waals surface area contributed by atoms with Crippen molar-refractivity contribution >= 4 is 51.7 Å². The highest BCUT2D eigenvalue weighted by molar-refractivity contribution is 8.00. The summed E-state index contributed by atoms with van der Waals surface area (Å²) in [5.41, 5.74) is 5.88. The number of carboxylic acid groups (broad SMARTS) is 1. The second-order valence-corrected chi connectivity index (χ2v) is 7.65. The molecule has 0 unspecified atom stereocenters. The van der Waals surface area contributed by atoms with Crippen molar-refractivity contribution in [2.45, 2.75) is 18.3 Å². The fourth-order valence-electron chi connectivity index (χ4n) is 2.73. The first-order valence-corrected chi connectivity index (χ1v) is 10.1. The Morgan fingerprint density at radius 3 is 2.93 bits per heavy atom. The fourth-order valence-corrected chi connectivity index (χ4v) is 4.62. The molecule has 1 aromatic heterocycles. The largest absolute Gasteiger partial charge is 0.543 e. The predicted octanol–water partition coefficient (Wildman–Crippen LogP) is -0.944. The lowest BCUT2D eigenvalue weighted by atomic mass is 10.0. The number of hydrogen-bond donors (Lipinski definition) is 2. The van der Waals surface area contributed by atoms with Gasteiger partial charge in [-0.05, 0) is 12.5 Å². The molecule has 10 nitrogen and oxygen atoms in total. The minimum absolute atomic E-state index is 0.121. The van der Waals surface area contributed by atoms with E-state index in [1.54, 1.807) is 12.3 Å². The molecule has 2 amide bonds. The van der Waals surface area contributed by atoms with Crippen LogP contribution in [0.1, 0.15) is 12.6 Å². The van der Waals surface area contributed by atoms with E-state index >= 15 is 0 Å². The Kier molecular flexibility index (Phi) is 5.70.